The summed E-state index contributed by atoms with van der Waals surface area (Å²) in [7, 11) is 1.77. The van der Waals surface area contributed by atoms with Crippen LogP contribution >= 0.6 is 11.6 Å². The third kappa shape index (κ3) is 4.26. The molecule has 4 aromatic rings. The lowest BCUT2D eigenvalue weighted by Crippen LogP contribution is -2.26. The highest BCUT2D eigenvalue weighted by atomic mass is 35.5. The highest BCUT2D eigenvalue weighted by Crippen LogP contribution is 2.26. The Morgan fingerprint density at radius 3 is 2.43 bits per heavy atom. The molecule has 0 spiro atoms. The van der Waals surface area contributed by atoms with Crippen LogP contribution in [0, 0.1) is 6.92 Å². The van der Waals surface area contributed by atoms with Gasteiger partial charge in [-0.05, 0) is 60.5 Å². The van der Waals surface area contributed by atoms with Gasteiger partial charge in [-0.1, -0.05) is 41.9 Å². The van der Waals surface area contributed by atoms with Gasteiger partial charge in [0.05, 0.1) is 0 Å². The van der Waals surface area contributed by atoms with Gasteiger partial charge in [-0.3, -0.25) is 4.79 Å². The largest absolute Gasteiger partial charge is 0.416 e. The second-order valence-corrected chi connectivity index (χ2v) is 7.53. The van der Waals surface area contributed by atoms with Gasteiger partial charge < -0.3 is 9.32 Å². The van der Waals surface area contributed by atoms with Gasteiger partial charge in [0, 0.05) is 35.3 Å². The summed E-state index contributed by atoms with van der Waals surface area (Å²) in [5.74, 6) is 0.816. The van der Waals surface area contributed by atoms with Crippen LogP contribution in [0.3, 0.4) is 0 Å². The molecule has 30 heavy (non-hydrogen) atoms. The minimum Gasteiger partial charge on any atom is -0.416 e. The lowest BCUT2D eigenvalue weighted by atomic mass is 10.1. The monoisotopic (exact) mass is 417 g/mol. The van der Waals surface area contributed by atoms with E-state index in [0.29, 0.717) is 28.9 Å². The molecule has 0 aliphatic heterocycles. The number of hydrogen-bond acceptors (Lipinski definition) is 4. The van der Waals surface area contributed by atoms with Crippen molar-refractivity contribution in [3.05, 3.63) is 94.5 Å². The molecule has 6 heteroatoms. The molecule has 0 aliphatic carbocycles. The fourth-order valence-electron chi connectivity index (χ4n) is 3.22. The van der Waals surface area contributed by atoms with Gasteiger partial charge in [-0.25, -0.2) is 0 Å². The maximum absolute atomic E-state index is 12.7. The Bertz CT molecular complexity index is 1190. The number of carbonyl (C=O) groups excluding carboxylic acids is 1. The van der Waals surface area contributed by atoms with Gasteiger partial charge in [0.15, 0.2) is 0 Å². The molecular formula is C24H20ClN3O2. The summed E-state index contributed by atoms with van der Waals surface area (Å²) in [6.45, 7) is 2.48. The first-order valence-electron chi connectivity index (χ1n) is 9.51. The van der Waals surface area contributed by atoms with Crippen molar-refractivity contribution < 1.29 is 9.21 Å². The molecule has 5 nitrogen and oxygen atoms in total. The number of aromatic nitrogens is 2. The average molecular weight is 418 g/mol. The first-order chi connectivity index (χ1) is 14.5. The highest BCUT2D eigenvalue weighted by molar-refractivity contribution is 6.30. The minimum absolute atomic E-state index is 0.0762. The van der Waals surface area contributed by atoms with Crippen LogP contribution in [0.1, 0.15) is 21.5 Å². The number of rotatable bonds is 5. The molecule has 0 fully saturated rings. The van der Waals surface area contributed by atoms with Crippen molar-refractivity contribution in [3.63, 3.8) is 0 Å². The SMILES string of the molecule is Cc1ccccc1-c1nnc(-c2ccc(C(=O)N(C)Cc3cccc(Cl)c3)cc2)o1. The third-order valence-electron chi connectivity index (χ3n) is 4.83. The van der Waals surface area contributed by atoms with Gasteiger partial charge in [-0.15, -0.1) is 10.2 Å². The Morgan fingerprint density at radius 1 is 0.967 bits per heavy atom. The van der Waals surface area contributed by atoms with Gasteiger partial charge in [0.25, 0.3) is 5.91 Å². The van der Waals surface area contributed by atoms with Crippen LogP contribution in [-0.2, 0) is 6.54 Å². The minimum atomic E-state index is -0.0762. The summed E-state index contributed by atoms with van der Waals surface area (Å²) in [5, 5.41) is 8.97. The predicted molar refractivity (Wildman–Crippen MR) is 117 cm³/mol. The predicted octanol–water partition coefficient (Wildman–Crippen LogP) is 5.64. The first kappa shape index (κ1) is 19.9. The van der Waals surface area contributed by atoms with Crippen LogP contribution in [0.4, 0.5) is 0 Å². The van der Waals surface area contributed by atoms with Crippen LogP contribution in [-0.4, -0.2) is 28.1 Å². The van der Waals surface area contributed by atoms with Crippen LogP contribution in [0.5, 0.6) is 0 Å². The zero-order valence-electron chi connectivity index (χ0n) is 16.7. The first-order valence-corrected chi connectivity index (χ1v) is 9.89. The Kier molecular flexibility index (Phi) is 5.63. The topological polar surface area (TPSA) is 59.2 Å². The molecule has 150 valence electrons. The van der Waals surface area contributed by atoms with Gasteiger partial charge in [0.2, 0.25) is 11.8 Å². The van der Waals surface area contributed by atoms with E-state index in [4.69, 9.17) is 16.0 Å². The molecule has 0 saturated carbocycles. The molecule has 1 amide bonds. The van der Waals surface area contributed by atoms with Crippen molar-refractivity contribution in [1.29, 1.82) is 0 Å². The normalized spacial score (nSPS) is 10.8. The molecule has 4 rings (SSSR count). The second kappa shape index (κ2) is 8.51. The van der Waals surface area contributed by atoms with E-state index in [9.17, 15) is 4.79 Å². The highest BCUT2D eigenvalue weighted by Gasteiger charge is 2.15. The molecule has 0 bridgehead atoms. The zero-order valence-corrected chi connectivity index (χ0v) is 17.4. The third-order valence-corrected chi connectivity index (χ3v) is 5.07. The number of amides is 1. The van der Waals surface area contributed by atoms with Crippen molar-refractivity contribution in [2.24, 2.45) is 0 Å². The van der Waals surface area contributed by atoms with E-state index >= 15 is 0 Å². The van der Waals surface area contributed by atoms with Crippen molar-refractivity contribution in [2.75, 3.05) is 7.05 Å². The summed E-state index contributed by atoms with van der Waals surface area (Å²) >= 11 is 6.03. The molecule has 3 aromatic carbocycles. The van der Waals surface area contributed by atoms with E-state index in [0.717, 1.165) is 22.3 Å². The number of benzene rings is 3. The van der Waals surface area contributed by atoms with E-state index in [1.807, 2.05) is 67.6 Å². The molecule has 1 aromatic heterocycles. The van der Waals surface area contributed by atoms with Gasteiger partial charge >= 0.3 is 0 Å². The van der Waals surface area contributed by atoms with Crippen LogP contribution in [0.2, 0.25) is 5.02 Å². The molecule has 0 aliphatic rings. The lowest BCUT2D eigenvalue weighted by molar-refractivity contribution is 0.0785. The fraction of sp³-hybridized carbons (Fsp3) is 0.125. The molecule has 0 atom stereocenters. The Balaban J connectivity index is 1.49. The average Bonchev–Trinajstić information content (AvgIpc) is 3.23. The Hall–Kier alpha value is -3.44. The van der Waals surface area contributed by atoms with E-state index in [1.54, 1.807) is 24.1 Å². The standard InChI is InChI=1S/C24H20ClN3O2/c1-16-6-3-4-9-21(16)23-27-26-22(30-23)18-10-12-19(13-11-18)24(29)28(2)15-17-7-5-8-20(25)14-17/h3-14H,15H2,1-2H3. The van der Waals surface area contributed by atoms with E-state index in [1.165, 1.54) is 0 Å². The zero-order chi connectivity index (χ0) is 21.1. The Labute approximate surface area is 179 Å². The number of carbonyl (C=O) groups is 1. The molecule has 1 heterocycles. The molecule has 0 saturated heterocycles. The summed E-state index contributed by atoms with van der Waals surface area (Å²) in [5.41, 5.74) is 4.30. The summed E-state index contributed by atoms with van der Waals surface area (Å²) in [6, 6.07) is 22.5. The number of halogens is 1. The van der Waals surface area contributed by atoms with E-state index in [2.05, 4.69) is 10.2 Å². The number of aryl methyl sites for hydroxylation is 1. The molecular weight excluding hydrogens is 398 g/mol. The number of hydrogen-bond donors (Lipinski definition) is 0. The van der Waals surface area contributed by atoms with Gasteiger partial charge in [-0.2, -0.15) is 0 Å². The fourth-order valence-corrected chi connectivity index (χ4v) is 3.43. The Morgan fingerprint density at radius 2 is 1.70 bits per heavy atom. The number of nitrogens with zero attached hydrogens (tertiary/aromatic N) is 3. The van der Waals surface area contributed by atoms with Crippen LogP contribution in [0.25, 0.3) is 22.9 Å². The van der Waals surface area contributed by atoms with Crippen molar-refractivity contribution in [3.8, 4) is 22.9 Å². The second-order valence-electron chi connectivity index (χ2n) is 7.10. The van der Waals surface area contributed by atoms with Crippen LogP contribution < -0.4 is 0 Å². The van der Waals surface area contributed by atoms with Crippen molar-refractivity contribution in [2.45, 2.75) is 13.5 Å². The smallest absolute Gasteiger partial charge is 0.253 e. The lowest BCUT2D eigenvalue weighted by Gasteiger charge is -2.17. The molecule has 0 N–H and O–H groups in total. The van der Waals surface area contributed by atoms with E-state index in [-0.39, 0.29) is 5.91 Å². The van der Waals surface area contributed by atoms with Crippen molar-refractivity contribution >= 4 is 17.5 Å². The molecule has 0 unspecified atom stereocenters. The summed E-state index contributed by atoms with van der Waals surface area (Å²) in [4.78, 5) is 14.4. The quantitative estimate of drug-likeness (QED) is 0.421. The maximum Gasteiger partial charge on any atom is 0.253 e. The molecule has 0 radical (unpaired) electrons. The summed E-state index contributed by atoms with van der Waals surface area (Å²) in [6.07, 6.45) is 0. The maximum atomic E-state index is 12.7. The van der Waals surface area contributed by atoms with Crippen LogP contribution in [0.15, 0.2) is 77.2 Å². The van der Waals surface area contributed by atoms with E-state index < -0.39 is 0 Å². The van der Waals surface area contributed by atoms with Gasteiger partial charge in [0.1, 0.15) is 0 Å². The summed E-state index contributed by atoms with van der Waals surface area (Å²) < 4.78 is 5.84. The van der Waals surface area contributed by atoms with Crippen molar-refractivity contribution in [1.82, 2.24) is 15.1 Å².